The van der Waals surface area contributed by atoms with E-state index in [0.717, 1.165) is 12.0 Å². The Balaban J connectivity index is 2.11. The maximum absolute atomic E-state index is 6.24. The highest BCUT2D eigenvalue weighted by molar-refractivity contribution is 5.30. The van der Waals surface area contributed by atoms with Gasteiger partial charge >= 0.3 is 0 Å². The minimum Gasteiger partial charge on any atom is -0.481 e. The Hall–Kier alpha value is -1.87. The van der Waals surface area contributed by atoms with E-state index in [1.165, 1.54) is 11.1 Å². The number of aryl methyl sites for hydroxylation is 1. The van der Waals surface area contributed by atoms with E-state index in [4.69, 9.17) is 10.5 Å². The van der Waals surface area contributed by atoms with Crippen LogP contribution in [0.1, 0.15) is 22.7 Å². The number of rotatable bonds is 4. The number of benzene rings is 1. The number of nitrogens with zero attached hydrogens (tertiary/aromatic N) is 1. The van der Waals surface area contributed by atoms with Crippen LogP contribution < -0.4 is 10.5 Å². The molecule has 2 N–H and O–H groups in total. The summed E-state index contributed by atoms with van der Waals surface area (Å²) in [6.45, 7) is 2.08. The number of hydrogen-bond donors (Lipinski definition) is 1. The van der Waals surface area contributed by atoms with Gasteiger partial charge in [0.1, 0.15) is 0 Å². The van der Waals surface area contributed by atoms with Gasteiger partial charge in [0, 0.05) is 18.3 Å². The van der Waals surface area contributed by atoms with Crippen LogP contribution in [-0.2, 0) is 6.42 Å². The van der Waals surface area contributed by atoms with E-state index >= 15 is 0 Å². The second kappa shape index (κ2) is 5.65. The molecule has 0 aliphatic rings. The van der Waals surface area contributed by atoms with Gasteiger partial charge < -0.3 is 10.5 Å². The Morgan fingerprint density at radius 3 is 2.61 bits per heavy atom. The van der Waals surface area contributed by atoms with Gasteiger partial charge in [-0.2, -0.15) is 0 Å². The Morgan fingerprint density at radius 1 is 1.22 bits per heavy atom. The number of ether oxygens (including phenoxy) is 1. The second-order valence-corrected chi connectivity index (χ2v) is 4.38. The molecule has 0 amide bonds. The number of aromatic nitrogens is 1. The quantitative estimate of drug-likeness (QED) is 0.896. The van der Waals surface area contributed by atoms with Crippen LogP contribution in [0, 0.1) is 6.92 Å². The van der Waals surface area contributed by atoms with E-state index in [1.54, 1.807) is 7.11 Å². The first kappa shape index (κ1) is 12.6. The summed E-state index contributed by atoms with van der Waals surface area (Å²) in [5.41, 5.74) is 9.77. The SMILES string of the molecule is COc1ccc(CC(N)c2ccccc2C)cn1. The van der Waals surface area contributed by atoms with Gasteiger partial charge in [-0.15, -0.1) is 0 Å². The molecular weight excluding hydrogens is 224 g/mol. The topological polar surface area (TPSA) is 48.1 Å². The van der Waals surface area contributed by atoms with Crippen LogP contribution in [0.2, 0.25) is 0 Å². The average Bonchev–Trinajstić information content (AvgIpc) is 2.40. The van der Waals surface area contributed by atoms with Crippen LogP contribution >= 0.6 is 0 Å². The summed E-state index contributed by atoms with van der Waals surface area (Å²) in [5.74, 6) is 0.628. The fraction of sp³-hybridized carbons (Fsp3) is 0.267. The molecule has 1 aromatic heterocycles. The van der Waals surface area contributed by atoms with Gasteiger partial charge in [-0.05, 0) is 30.0 Å². The van der Waals surface area contributed by atoms with Crippen LogP contribution in [0.15, 0.2) is 42.6 Å². The normalized spacial score (nSPS) is 12.2. The van der Waals surface area contributed by atoms with Crippen molar-refractivity contribution in [2.75, 3.05) is 7.11 Å². The van der Waals surface area contributed by atoms with Crippen molar-refractivity contribution in [3.8, 4) is 5.88 Å². The molecule has 2 rings (SSSR count). The van der Waals surface area contributed by atoms with Gasteiger partial charge in [0.25, 0.3) is 0 Å². The van der Waals surface area contributed by atoms with E-state index in [-0.39, 0.29) is 6.04 Å². The first-order valence-electron chi connectivity index (χ1n) is 6.00. The Kier molecular flexibility index (Phi) is 3.95. The van der Waals surface area contributed by atoms with Crippen molar-refractivity contribution in [1.82, 2.24) is 4.98 Å². The molecule has 0 saturated heterocycles. The Labute approximate surface area is 108 Å². The number of pyridine rings is 1. The monoisotopic (exact) mass is 242 g/mol. The van der Waals surface area contributed by atoms with E-state index in [2.05, 4.69) is 24.0 Å². The minimum atomic E-state index is 0.00129. The molecule has 0 spiro atoms. The number of methoxy groups -OCH3 is 1. The van der Waals surface area contributed by atoms with Crippen LogP contribution in [0.5, 0.6) is 5.88 Å². The molecule has 0 radical (unpaired) electrons. The Bertz CT molecular complexity index is 508. The smallest absolute Gasteiger partial charge is 0.212 e. The molecule has 0 bridgehead atoms. The molecule has 0 aliphatic carbocycles. The fourth-order valence-electron chi connectivity index (χ4n) is 2.02. The molecule has 0 aliphatic heterocycles. The molecule has 0 fully saturated rings. The first-order valence-corrected chi connectivity index (χ1v) is 6.00. The van der Waals surface area contributed by atoms with E-state index in [0.29, 0.717) is 5.88 Å². The summed E-state index contributed by atoms with van der Waals surface area (Å²) < 4.78 is 5.04. The maximum atomic E-state index is 6.24. The molecule has 1 unspecified atom stereocenters. The molecule has 3 nitrogen and oxygen atoms in total. The van der Waals surface area contributed by atoms with Crippen molar-refractivity contribution < 1.29 is 4.74 Å². The van der Waals surface area contributed by atoms with Crippen molar-refractivity contribution >= 4 is 0 Å². The zero-order chi connectivity index (χ0) is 13.0. The molecule has 3 heteroatoms. The first-order chi connectivity index (χ1) is 8.70. The van der Waals surface area contributed by atoms with Gasteiger partial charge in [-0.3, -0.25) is 0 Å². The van der Waals surface area contributed by atoms with Crippen LogP contribution in [0.3, 0.4) is 0 Å². The highest BCUT2D eigenvalue weighted by Gasteiger charge is 2.09. The molecule has 0 saturated carbocycles. The molecule has 1 atom stereocenters. The third kappa shape index (κ3) is 2.87. The minimum absolute atomic E-state index is 0.00129. The van der Waals surface area contributed by atoms with E-state index in [1.807, 2.05) is 30.5 Å². The Morgan fingerprint density at radius 2 is 2.00 bits per heavy atom. The van der Waals surface area contributed by atoms with E-state index < -0.39 is 0 Å². The third-order valence-corrected chi connectivity index (χ3v) is 3.05. The predicted molar refractivity (Wildman–Crippen MR) is 72.6 cm³/mol. The molecule has 94 valence electrons. The maximum Gasteiger partial charge on any atom is 0.212 e. The third-order valence-electron chi connectivity index (χ3n) is 3.05. The van der Waals surface area contributed by atoms with Crippen molar-refractivity contribution in [2.45, 2.75) is 19.4 Å². The van der Waals surface area contributed by atoms with Crippen molar-refractivity contribution in [3.05, 3.63) is 59.3 Å². The van der Waals surface area contributed by atoms with Gasteiger partial charge in [0.2, 0.25) is 5.88 Å². The highest BCUT2D eigenvalue weighted by atomic mass is 16.5. The summed E-state index contributed by atoms with van der Waals surface area (Å²) in [4.78, 5) is 4.19. The van der Waals surface area contributed by atoms with Gasteiger partial charge in [-0.1, -0.05) is 30.3 Å². The number of nitrogens with two attached hydrogens (primary N) is 1. The van der Waals surface area contributed by atoms with Gasteiger partial charge in [-0.25, -0.2) is 4.98 Å². The lowest BCUT2D eigenvalue weighted by atomic mass is 9.97. The second-order valence-electron chi connectivity index (χ2n) is 4.38. The summed E-state index contributed by atoms with van der Waals surface area (Å²) in [6.07, 6.45) is 2.60. The van der Waals surface area contributed by atoms with Gasteiger partial charge in [0.05, 0.1) is 7.11 Å². The largest absolute Gasteiger partial charge is 0.481 e. The zero-order valence-electron chi connectivity index (χ0n) is 10.8. The highest BCUT2D eigenvalue weighted by Crippen LogP contribution is 2.19. The summed E-state index contributed by atoms with van der Waals surface area (Å²) >= 11 is 0. The van der Waals surface area contributed by atoms with Gasteiger partial charge in [0.15, 0.2) is 0 Å². The lowest BCUT2D eigenvalue weighted by Crippen LogP contribution is -2.14. The van der Waals surface area contributed by atoms with Crippen molar-refractivity contribution in [3.63, 3.8) is 0 Å². The summed E-state index contributed by atoms with van der Waals surface area (Å²) in [7, 11) is 1.61. The lowest BCUT2D eigenvalue weighted by molar-refractivity contribution is 0.397. The predicted octanol–water partition coefficient (Wildman–Crippen LogP) is 2.64. The fourth-order valence-corrected chi connectivity index (χ4v) is 2.02. The standard InChI is InChI=1S/C15H18N2O/c1-11-5-3-4-6-13(11)14(16)9-12-7-8-15(18-2)17-10-12/h3-8,10,14H,9,16H2,1-2H3. The van der Waals surface area contributed by atoms with Crippen LogP contribution in [0.4, 0.5) is 0 Å². The molecule has 18 heavy (non-hydrogen) atoms. The average molecular weight is 242 g/mol. The summed E-state index contributed by atoms with van der Waals surface area (Å²) in [6, 6.07) is 12.1. The number of hydrogen-bond acceptors (Lipinski definition) is 3. The lowest BCUT2D eigenvalue weighted by Gasteiger charge is -2.14. The molecule has 1 aromatic carbocycles. The molecular formula is C15H18N2O. The molecule has 2 aromatic rings. The van der Waals surface area contributed by atoms with E-state index in [9.17, 15) is 0 Å². The van der Waals surface area contributed by atoms with Crippen LogP contribution in [0.25, 0.3) is 0 Å². The van der Waals surface area contributed by atoms with Crippen LogP contribution in [-0.4, -0.2) is 12.1 Å². The molecule has 1 heterocycles. The summed E-state index contributed by atoms with van der Waals surface area (Å²) in [5, 5.41) is 0. The zero-order valence-corrected chi connectivity index (χ0v) is 10.8. The van der Waals surface area contributed by atoms with Crippen molar-refractivity contribution in [1.29, 1.82) is 0 Å². The van der Waals surface area contributed by atoms with Crippen molar-refractivity contribution in [2.24, 2.45) is 5.73 Å².